The third-order valence-corrected chi connectivity index (χ3v) is 3.22. The summed E-state index contributed by atoms with van der Waals surface area (Å²) in [5, 5.41) is 3.05. The number of anilines is 1. The van der Waals surface area contributed by atoms with E-state index in [0.717, 1.165) is 10.2 Å². The van der Waals surface area contributed by atoms with Crippen molar-refractivity contribution in [2.24, 2.45) is 0 Å². The summed E-state index contributed by atoms with van der Waals surface area (Å²) < 4.78 is 5.64. The molecule has 5 heteroatoms. The van der Waals surface area contributed by atoms with Crippen molar-refractivity contribution in [2.75, 3.05) is 12.4 Å². The lowest BCUT2D eigenvalue weighted by Gasteiger charge is -2.10. The number of pyridine rings is 1. The van der Waals surface area contributed by atoms with Crippen molar-refractivity contribution >= 4 is 33.7 Å². The fraction of sp³-hybridized carbons (Fsp3) is 0.0667. The van der Waals surface area contributed by atoms with E-state index in [2.05, 4.69) is 26.2 Å². The van der Waals surface area contributed by atoms with Crippen LogP contribution >= 0.6 is 15.9 Å². The smallest absolute Gasteiger partial charge is 0.354 e. The zero-order valence-electron chi connectivity index (χ0n) is 10.8. The van der Waals surface area contributed by atoms with Gasteiger partial charge in [0.2, 0.25) is 0 Å². The van der Waals surface area contributed by atoms with Gasteiger partial charge < -0.3 is 10.1 Å². The van der Waals surface area contributed by atoms with Crippen LogP contribution in [0, 0.1) is 0 Å². The molecule has 1 aromatic heterocycles. The van der Waals surface area contributed by atoms with E-state index in [1.165, 1.54) is 7.11 Å². The van der Waals surface area contributed by atoms with Gasteiger partial charge in [-0.1, -0.05) is 18.2 Å². The number of para-hydroxylation sites is 1. The van der Waals surface area contributed by atoms with Gasteiger partial charge in [0, 0.05) is 10.7 Å². The van der Waals surface area contributed by atoms with E-state index >= 15 is 0 Å². The lowest BCUT2D eigenvalue weighted by atomic mass is 10.2. The number of rotatable bonds is 4. The summed E-state index contributed by atoms with van der Waals surface area (Å²) in [5.74, 6) is -0.452. The van der Waals surface area contributed by atoms with E-state index in [-0.39, 0.29) is 0 Å². The third kappa shape index (κ3) is 3.68. The molecule has 0 fully saturated rings. The average molecular weight is 333 g/mol. The minimum atomic E-state index is -0.452. The highest BCUT2D eigenvalue weighted by Crippen LogP contribution is 2.23. The van der Waals surface area contributed by atoms with Gasteiger partial charge in [-0.15, -0.1) is 0 Å². The highest BCUT2D eigenvalue weighted by molar-refractivity contribution is 9.10. The Labute approximate surface area is 125 Å². The van der Waals surface area contributed by atoms with Crippen LogP contribution in [0.25, 0.3) is 6.08 Å². The van der Waals surface area contributed by atoms with Crippen LogP contribution in [-0.2, 0) is 9.53 Å². The second-order valence-electron chi connectivity index (χ2n) is 3.91. The van der Waals surface area contributed by atoms with Gasteiger partial charge in [0.05, 0.1) is 18.5 Å². The third-order valence-electron chi connectivity index (χ3n) is 2.53. The molecule has 2 rings (SSSR count). The Bertz CT molecular complexity index is 627. The highest BCUT2D eigenvalue weighted by atomic mass is 79.9. The molecule has 2 aromatic rings. The van der Waals surface area contributed by atoms with E-state index in [9.17, 15) is 4.79 Å². The molecular weight excluding hydrogens is 320 g/mol. The number of ether oxygens (including phenoxy) is 1. The van der Waals surface area contributed by atoms with Crippen LogP contribution < -0.4 is 5.32 Å². The molecule has 102 valence electrons. The molecular formula is C15H13BrN2O2. The topological polar surface area (TPSA) is 51.2 Å². The van der Waals surface area contributed by atoms with Crippen LogP contribution in [0.5, 0.6) is 0 Å². The fourth-order valence-corrected chi connectivity index (χ4v) is 1.96. The van der Waals surface area contributed by atoms with Gasteiger partial charge in [-0.05, 0) is 46.3 Å². The minimum Gasteiger partial charge on any atom is -0.464 e. The number of methoxy groups -OCH3 is 1. The lowest BCUT2D eigenvalue weighted by molar-refractivity contribution is -0.135. The van der Waals surface area contributed by atoms with Gasteiger partial charge in [-0.2, -0.15) is 0 Å². The number of benzene rings is 1. The Kier molecular flexibility index (Phi) is 4.90. The second kappa shape index (κ2) is 6.86. The summed E-state index contributed by atoms with van der Waals surface area (Å²) >= 11 is 3.42. The number of aromatic nitrogens is 1. The number of nitrogens with one attached hydrogen (secondary N) is 1. The van der Waals surface area contributed by atoms with Crippen molar-refractivity contribution in [1.29, 1.82) is 0 Å². The van der Waals surface area contributed by atoms with Crippen molar-refractivity contribution in [3.63, 3.8) is 0 Å². The predicted molar refractivity (Wildman–Crippen MR) is 82.0 cm³/mol. The van der Waals surface area contributed by atoms with Crippen molar-refractivity contribution in [3.05, 3.63) is 64.5 Å². The molecule has 0 aliphatic rings. The van der Waals surface area contributed by atoms with Crippen LogP contribution in [-0.4, -0.2) is 18.1 Å². The van der Waals surface area contributed by atoms with Crippen LogP contribution in [0.3, 0.4) is 0 Å². The van der Waals surface area contributed by atoms with Gasteiger partial charge in [-0.3, -0.25) is 4.98 Å². The maximum Gasteiger partial charge on any atom is 0.354 e. The van der Waals surface area contributed by atoms with Crippen molar-refractivity contribution in [3.8, 4) is 0 Å². The van der Waals surface area contributed by atoms with E-state index in [1.54, 1.807) is 12.3 Å². The molecule has 0 saturated carbocycles. The molecule has 0 aliphatic heterocycles. The molecule has 1 N–H and O–H groups in total. The van der Waals surface area contributed by atoms with E-state index < -0.39 is 5.97 Å². The number of hydrogen-bond acceptors (Lipinski definition) is 4. The largest absolute Gasteiger partial charge is 0.464 e. The Morgan fingerprint density at radius 1 is 1.25 bits per heavy atom. The Morgan fingerprint density at radius 3 is 2.65 bits per heavy atom. The number of halogens is 1. The zero-order valence-corrected chi connectivity index (χ0v) is 12.4. The predicted octanol–water partition coefficient (Wildman–Crippen LogP) is 3.47. The first-order valence-corrected chi connectivity index (χ1v) is 6.72. The molecule has 20 heavy (non-hydrogen) atoms. The molecule has 0 bridgehead atoms. The van der Waals surface area contributed by atoms with Gasteiger partial charge in [0.15, 0.2) is 0 Å². The normalized spacial score (nSPS) is 11.0. The summed E-state index contributed by atoms with van der Waals surface area (Å²) in [4.78, 5) is 16.0. The summed E-state index contributed by atoms with van der Waals surface area (Å²) in [5.41, 5.74) is 1.77. The molecule has 4 nitrogen and oxygen atoms in total. The number of carbonyl (C=O) groups is 1. The maximum absolute atomic E-state index is 11.8. The zero-order chi connectivity index (χ0) is 14.4. The molecule has 0 atom stereocenters. The van der Waals surface area contributed by atoms with Crippen LogP contribution in [0.4, 0.5) is 5.69 Å². The molecule has 0 radical (unpaired) electrons. The average Bonchev–Trinajstić information content (AvgIpc) is 2.49. The molecule has 0 saturated heterocycles. The van der Waals surface area contributed by atoms with Crippen LogP contribution in [0.2, 0.25) is 0 Å². The lowest BCUT2D eigenvalue weighted by Crippen LogP contribution is -2.13. The molecule has 1 heterocycles. The quantitative estimate of drug-likeness (QED) is 0.688. The number of carbonyl (C=O) groups excluding carboxylic acids is 1. The van der Waals surface area contributed by atoms with Crippen molar-refractivity contribution in [2.45, 2.75) is 0 Å². The van der Waals surface area contributed by atoms with Gasteiger partial charge in [0.1, 0.15) is 5.70 Å². The second-order valence-corrected chi connectivity index (χ2v) is 4.76. The van der Waals surface area contributed by atoms with Gasteiger partial charge in [0.25, 0.3) is 0 Å². The molecule has 0 aliphatic carbocycles. The standard InChI is InChI=1S/C15H13BrN2O2/c1-20-15(19)14(10-11-6-4-5-9-17-11)18-13-8-3-2-7-12(13)16/h2-10,18H,1H3/b14-10+. The van der Waals surface area contributed by atoms with Crippen LogP contribution in [0.1, 0.15) is 5.69 Å². The number of nitrogens with zero attached hydrogens (tertiary/aromatic N) is 1. The number of esters is 1. The van der Waals surface area contributed by atoms with E-state index in [0.29, 0.717) is 11.4 Å². The summed E-state index contributed by atoms with van der Waals surface area (Å²) in [6, 6.07) is 13.0. The van der Waals surface area contributed by atoms with E-state index in [1.807, 2.05) is 42.5 Å². The fourth-order valence-electron chi connectivity index (χ4n) is 1.57. The summed E-state index contributed by atoms with van der Waals surface area (Å²) in [6.45, 7) is 0. The van der Waals surface area contributed by atoms with Crippen molar-refractivity contribution in [1.82, 2.24) is 4.98 Å². The SMILES string of the molecule is COC(=O)/C(=C\c1ccccn1)Nc1ccccc1Br. The number of hydrogen-bond donors (Lipinski definition) is 1. The molecule has 0 amide bonds. The summed E-state index contributed by atoms with van der Waals surface area (Å²) in [7, 11) is 1.34. The molecule has 0 unspecified atom stereocenters. The van der Waals surface area contributed by atoms with Crippen molar-refractivity contribution < 1.29 is 9.53 Å². The molecule has 0 spiro atoms. The van der Waals surface area contributed by atoms with Gasteiger partial charge >= 0.3 is 5.97 Å². The Morgan fingerprint density at radius 2 is 2.00 bits per heavy atom. The van der Waals surface area contributed by atoms with E-state index in [4.69, 9.17) is 4.74 Å². The Balaban J connectivity index is 2.32. The summed E-state index contributed by atoms with van der Waals surface area (Å²) in [6.07, 6.45) is 3.31. The monoisotopic (exact) mass is 332 g/mol. The first-order valence-electron chi connectivity index (χ1n) is 5.93. The van der Waals surface area contributed by atoms with Crippen LogP contribution in [0.15, 0.2) is 58.8 Å². The minimum absolute atomic E-state index is 0.318. The Hall–Kier alpha value is -2.14. The molecule has 1 aromatic carbocycles. The highest BCUT2D eigenvalue weighted by Gasteiger charge is 2.11. The first-order chi connectivity index (χ1) is 9.70. The van der Waals surface area contributed by atoms with Gasteiger partial charge in [-0.25, -0.2) is 4.79 Å². The first kappa shape index (κ1) is 14.3. The maximum atomic E-state index is 11.8.